The Morgan fingerprint density at radius 1 is 1.14 bits per heavy atom. The van der Waals surface area contributed by atoms with E-state index in [4.69, 9.17) is 5.11 Å². The summed E-state index contributed by atoms with van der Waals surface area (Å²) in [4.78, 5) is 26.7. The number of rotatable bonds is 3. The van der Waals surface area contributed by atoms with Crippen molar-refractivity contribution in [3.05, 3.63) is 35.4 Å². The fourth-order valence-electron chi connectivity index (χ4n) is 3.05. The summed E-state index contributed by atoms with van der Waals surface area (Å²) < 4.78 is 1.73. The van der Waals surface area contributed by atoms with Crippen molar-refractivity contribution in [2.45, 2.75) is 38.0 Å². The number of aromatic nitrogens is 2. The monoisotopic (exact) mass is 288 g/mol. The molecule has 110 valence electrons. The second kappa shape index (κ2) is 5.20. The first-order chi connectivity index (χ1) is 10.1. The maximum Gasteiger partial charge on any atom is 0.356 e. The molecule has 2 aromatic heterocycles. The Labute approximate surface area is 121 Å². The summed E-state index contributed by atoms with van der Waals surface area (Å²) in [6.45, 7) is 0. The molecule has 6 heteroatoms. The molecule has 0 spiro atoms. The number of aromatic carboxylic acids is 2. The van der Waals surface area contributed by atoms with Crippen LogP contribution < -0.4 is 0 Å². The molecule has 0 unspecified atom stereocenters. The first-order valence-electron chi connectivity index (χ1n) is 7.06. The van der Waals surface area contributed by atoms with Crippen molar-refractivity contribution in [1.29, 1.82) is 0 Å². The van der Waals surface area contributed by atoms with Crippen molar-refractivity contribution >= 4 is 17.5 Å². The summed E-state index contributed by atoms with van der Waals surface area (Å²) in [7, 11) is 0. The fraction of sp³-hybridized carbons (Fsp3) is 0.400. The molecule has 0 aromatic carbocycles. The van der Waals surface area contributed by atoms with E-state index in [9.17, 15) is 14.7 Å². The Kier molecular flexibility index (Phi) is 3.37. The van der Waals surface area contributed by atoms with Gasteiger partial charge in [0.1, 0.15) is 5.82 Å². The zero-order valence-electron chi connectivity index (χ0n) is 11.5. The maximum absolute atomic E-state index is 11.4. The van der Waals surface area contributed by atoms with Crippen LogP contribution in [-0.2, 0) is 0 Å². The molecule has 2 N–H and O–H groups in total. The SMILES string of the molecule is O=C(O)c1ccn2c(C3CCCCC3)nc(C(=O)O)c2c1. The Bertz CT molecular complexity index is 714. The van der Waals surface area contributed by atoms with Crippen LogP contribution in [0.4, 0.5) is 0 Å². The van der Waals surface area contributed by atoms with Gasteiger partial charge in [-0.2, -0.15) is 0 Å². The second-order valence-electron chi connectivity index (χ2n) is 5.43. The minimum absolute atomic E-state index is 0.0695. The molecule has 1 fully saturated rings. The van der Waals surface area contributed by atoms with Gasteiger partial charge in [0.15, 0.2) is 5.69 Å². The van der Waals surface area contributed by atoms with E-state index >= 15 is 0 Å². The number of nitrogens with zero attached hydrogens (tertiary/aromatic N) is 2. The van der Waals surface area contributed by atoms with Crippen LogP contribution in [0.1, 0.15) is 64.7 Å². The molecule has 2 heterocycles. The topological polar surface area (TPSA) is 91.9 Å². The van der Waals surface area contributed by atoms with Crippen LogP contribution in [0, 0.1) is 0 Å². The molecule has 0 atom stereocenters. The van der Waals surface area contributed by atoms with E-state index in [0.29, 0.717) is 5.52 Å². The van der Waals surface area contributed by atoms with Gasteiger partial charge >= 0.3 is 11.9 Å². The highest BCUT2D eigenvalue weighted by Gasteiger charge is 2.24. The lowest BCUT2D eigenvalue weighted by atomic mass is 9.89. The number of hydrogen-bond donors (Lipinski definition) is 2. The van der Waals surface area contributed by atoms with Crippen molar-refractivity contribution in [3.8, 4) is 0 Å². The van der Waals surface area contributed by atoms with Crippen LogP contribution in [0.5, 0.6) is 0 Å². The van der Waals surface area contributed by atoms with Gasteiger partial charge in [-0.3, -0.25) is 0 Å². The molecule has 0 radical (unpaired) electrons. The lowest BCUT2D eigenvalue weighted by Gasteiger charge is -2.20. The van der Waals surface area contributed by atoms with E-state index in [-0.39, 0.29) is 17.2 Å². The molecule has 21 heavy (non-hydrogen) atoms. The van der Waals surface area contributed by atoms with Gasteiger partial charge in [0, 0.05) is 12.1 Å². The maximum atomic E-state index is 11.4. The lowest BCUT2D eigenvalue weighted by molar-refractivity contribution is 0.0682. The first-order valence-corrected chi connectivity index (χ1v) is 7.06. The quantitative estimate of drug-likeness (QED) is 0.906. The van der Waals surface area contributed by atoms with Crippen molar-refractivity contribution in [3.63, 3.8) is 0 Å². The Morgan fingerprint density at radius 2 is 1.86 bits per heavy atom. The molecular weight excluding hydrogens is 272 g/mol. The molecule has 0 saturated heterocycles. The third kappa shape index (κ3) is 2.37. The van der Waals surface area contributed by atoms with Gasteiger partial charge in [-0.05, 0) is 25.0 Å². The first kappa shape index (κ1) is 13.6. The van der Waals surface area contributed by atoms with E-state index in [1.165, 1.54) is 18.6 Å². The van der Waals surface area contributed by atoms with Gasteiger partial charge in [-0.15, -0.1) is 0 Å². The molecule has 1 aliphatic carbocycles. The average Bonchev–Trinajstić information content (AvgIpc) is 2.87. The van der Waals surface area contributed by atoms with Crippen molar-refractivity contribution in [2.75, 3.05) is 0 Å². The summed E-state index contributed by atoms with van der Waals surface area (Å²) in [6.07, 6.45) is 7.05. The third-order valence-electron chi connectivity index (χ3n) is 4.09. The van der Waals surface area contributed by atoms with Crippen LogP contribution in [0.25, 0.3) is 5.52 Å². The normalized spacial score (nSPS) is 16.2. The van der Waals surface area contributed by atoms with Gasteiger partial charge in [-0.25, -0.2) is 14.6 Å². The lowest BCUT2D eigenvalue weighted by Crippen LogP contribution is -2.09. The van der Waals surface area contributed by atoms with Crippen LogP contribution in [0.15, 0.2) is 18.3 Å². The summed E-state index contributed by atoms with van der Waals surface area (Å²) in [5.74, 6) is -1.22. The Hall–Kier alpha value is -2.37. The number of carboxylic acid groups (broad SMARTS) is 2. The van der Waals surface area contributed by atoms with Crippen LogP contribution >= 0.6 is 0 Å². The Morgan fingerprint density at radius 3 is 2.48 bits per heavy atom. The smallest absolute Gasteiger partial charge is 0.356 e. The molecule has 1 aliphatic rings. The summed E-state index contributed by atoms with van der Waals surface area (Å²) >= 11 is 0. The van der Waals surface area contributed by atoms with E-state index in [1.807, 2.05) is 0 Å². The highest BCUT2D eigenvalue weighted by atomic mass is 16.4. The largest absolute Gasteiger partial charge is 0.478 e. The second-order valence-corrected chi connectivity index (χ2v) is 5.43. The molecule has 1 saturated carbocycles. The van der Waals surface area contributed by atoms with Crippen LogP contribution in [0.2, 0.25) is 0 Å². The van der Waals surface area contributed by atoms with Crippen LogP contribution in [-0.4, -0.2) is 31.5 Å². The predicted octanol–water partition coefficient (Wildman–Crippen LogP) is 2.78. The van der Waals surface area contributed by atoms with Gasteiger partial charge in [0.2, 0.25) is 0 Å². The summed E-state index contributed by atoms with van der Waals surface area (Å²) in [5.41, 5.74) is 0.349. The van der Waals surface area contributed by atoms with E-state index < -0.39 is 11.9 Å². The number of pyridine rings is 1. The van der Waals surface area contributed by atoms with Gasteiger partial charge in [0.05, 0.1) is 11.1 Å². The van der Waals surface area contributed by atoms with E-state index in [2.05, 4.69) is 4.98 Å². The van der Waals surface area contributed by atoms with Crippen molar-refractivity contribution in [1.82, 2.24) is 9.38 Å². The summed E-state index contributed by atoms with van der Waals surface area (Å²) in [5, 5.41) is 18.4. The Balaban J connectivity index is 2.17. The van der Waals surface area contributed by atoms with Gasteiger partial charge in [0.25, 0.3) is 0 Å². The zero-order valence-corrected chi connectivity index (χ0v) is 11.5. The summed E-state index contributed by atoms with van der Waals surface area (Å²) in [6, 6.07) is 2.86. The van der Waals surface area contributed by atoms with Crippen molar-refractivity contribution in [2.24, 2.45) is 0 Å². The minimum atomic E-state index is -1.13. The molecule has 0 bridgehead atoms. The fourth-order valence-corrected chi connectivity index (χ4v) is 3.05. The van der Waals surface area contributed by atoms with Gasteiger partial charge < -0.3 is 14.6 Å². The minimum Gasteiger partial charge on any atom is -0.478 e. The third-order valence-corrected chi connectivity index (χ3v) is 4.09. The number of carbonyl (C=O) groups is 2. The highest BCUT2D eigenvalue weighted by Crippen LogP contribution is 2.33. The van der Waals surface area contributed by atoms with E-state index in [0.717, 1.165) is 31.5 Å². The van der Waals surface area contributed by atoms with Crippen molar-refractivity contribution < 1.29 is 19.8 Å². The molecule has 0 aliphatic heterocycles. The zero-order chi connectivity index (χ0) is 15.0. The molecule has 3 rings (SSSR count). The van der Waals surface area contributed by atoms with Crippen LogP contribution in [0.3, 0.4) is 0 Å². The molecule has 2 aromatic rings. The molecular formula is C15H16N2O4. The molecule has 0 amide bonds. The number of imidazole rings is 1. The predicted molar refractivity (Wildman–Crippen MR) is 74.9 cm³/mol. The highest BCUT2D eigenvalue weighted by molar-refractivity contribution is 5.96. The number of carboxylic acids is 2. The van der Waals surface area contributed by atoms with Gasteiger partial charge in [-0.1, -0.05) is 19.3 Å². The number of fused-ring (bicyclic) bond motifs is 1. The average molecular weight is 288 g/mol. The standard InChI is InChI=1S/C15H16N2O4/c18-14(19)10-6-7-17-11(8-10)12(15(20)21)16-13(17)9-4-2-1-3-5-9/h6-9H,1-5H2,(H,18,19)(H,20,21). The number of hydrogen-bond acceptors (Lipinski definition) is 3. The van der Waals surface area contributed by atoms with E-state index in [1.54, 1.807) is 10.6 Å². The molecule has 6 nitrogen and oxygen atoms in total.